The van der Waals surface area contributed by atoms with E-state index in [9.17, 15) is 0 Å². The fourth-order valence-corrected chi connectivity index (χ4v) is 4.20. The number of fused-ring (bicyclic) bond motifs is 3. The van der Waals surface area contributed by atoms with Crippen molar-refractivity contribution in [3.05, 3.63) is 46.9 Å². The molecule has 0 saturated carbocycles. The maximum absolute atomic E-state index is 5.95. The molecule has 2 aliphatic heterocycles. The van der Waals surface area contributed by atoms with Gasteiger partial charge in [0.05, 0.1) is 11.9 Å². The number of hydrogen-bond acceptors (Lipinski definition) is 4. The number of nitrogens with zero attached hydrogens (tertiary/aromatic N) is 1. The molecule has 108 valence electrons. The molecule has 2 aliphatic rings. The molecule has 0 amide bonds. The van der Waals surface area contributed by atoms with E-state index in [0.29, 0.717) is 6.17 Å². The van der Waals surface area contributed by atoms with Crippen molar-refractivity contribution in [1.29, 1.82) is 0 Å². The van der Waals surface area contributed by atoms with Crippen LogP contribution in [0.1, 0.15) is 12.8 Å². The van der Waals surface area contributed by atoms with Crippen LogP contribution in [0, 0.1) is 0 Å². The highest BCUT2D eigenvalue weighted by Crippen LogP contribution is 2.40. The predicted molar refractivity (Wildman–Crippen MR) is 90.0 cm³/mol. The first-order valence-corrected chi connectivity index (χ1v) is 8.67. The van der Waals surface area contributed by atoms with Crippen LogP contribution < -0.4 is 14.4 Å². The summed E-state index contributed by atoms with van der Waals surface area (Å²) in [6.07, 6.45) is 2.97. The van der Waals surface area contributed by atoms with Crippen LogP contribution in [-0.2, 0) is 0 Å². The molecule has 1 N–H and O–H groups in total. The smallest absolute Gasteiger partial charge is 0.128 e. The summed E-state index contributed by atoms with van der Waals surface area (Å²) in [6.45, 7) is 1.14. The first-order valence-electron chi connectivity index (χ1n) is 7.06. The molecule has 1 atom stereocenters. The van der Waals surface area contributed by atoms with Crippen molar-refractivity contribution >= 4 is 33.6 Å². The summed E-state index contributed by atoms with van der Waals surface area (Å²) in [4.78, 5) is 3.69. The maximum Gasteiger partial charge on any atom is 0.128 e. The molecule has 0 radical (unpaired) electrons. The van der Waals surface area contributed by atoms with E-state index in [2.05, 4.69) is 43.8 Å². The summed E-state index contributed by atoms with van der Waals surface area (Å²) >= 11 is 5.18. The lowest BCUT2D eigenvalue weighted by atomic mass is 10.2. The average molecular weight is 363 g/mol. The summed E-state index contributed by atoms with van der Waals surface area (Å²) < 4.78 is 10.5. The van der Waals surface area contributed by atoms with Gasteiger partial charge in [0.2, 0.25) is 0 Å². The lowest BCUT2D eigenvalue weighted by molar-refractivity contribution is 0.480. The molecule has 2 aromatic carbocycles. The largest absolute Gasteiger partial charge is 0.457 e. The quantitative estimate of drug-likeness (QED) is 0.777. The number of anilines is 1. The molecule has 0 spiro atoms. The zero-order valence-electron chi connectivity index (χ0n) is 11.4. The van der Waals surface area contributed by atoms with Crippen LogP contribution in [-0.4, -0.2) is 12.7 Å². The third kappa shape index (κ3) is 2.65. The number of hydrogen-bond donors (Lipinski definition) is 1. The van der Waals surface area contributed by atoms with E-state index < -0.39 is 0 Å². The fraction of sp³-hybridized carbons (Fsp3) is 0.250. The molecule has 1 saturated heterocycles. The van der Waals surface area contributed by atoms with E-state index in [1.165, 1.54) is 23.4 Å². The van der Waals surface area contributed by atoms with Crippen LogP contribution >= 0.6 is 27.9 Å². The number of benzene rings is 2. The van der Waals surface area contributed by atoms with E-state index in [0.717, 1.165) is 22.5 Å². The number of rotatable bonds is 2. The van der Waals surface area contributed by atoms with E-state index in [1.54, 1.807) is 11.9 Å². The number of ether oxygens (including phenoxy) is 1. The van der Waals surface area contributed by atoms with Crippen LogP contribution in [0.2, 0.25) is 0 Å². The topological polar surface area (TPSA) is 24.5 Å². The average Bonchev–Trinajstić information content (AvgIpc) is 2.96. The Hall–Kier alpha value is -1.17. The predicted octanol–water partition coefficient (Wildman–Crippen LogP) is 4.78. The van der Waals surface area contributed by atoms with Crippen LogP contribution in [0.15, 0.2) is 51.8 Å². The Morgan fingerprint density at radius 3 is 3.00 bits per heavy atom. The van der Waals surface area contributed by atoms with Crippen LogP contribution in [0.5, 0.6) is 11.5 Å². The summed E-state index contributed by atoms with van der Waals surface area (Å²) in [5, 5.41) is 0. The highest BCUT2D eigenvalue weighted by molar-refractivity contribution is 9.10. The normalized spacial score (nSPS) is 20.0. The SMILES string of the molecule is Brc1cccc(Oc2ccc3c(c2)SNC2CCCN32)c1. The molecule has 2 aromatic rings. The molecule has 0 aromatic heterocycles. The Morgan fingerprint density at radius 1 is 1.19 bits per heavy atom. The van der Waals surface area contributed by atoms with Crippen LogP contribution in [0.4, 0.5) is 5.69 Å². The van der Waals surface area contributed by atoms with Crippen molar-refractivity contribution in [3.63, 3.8) is 0 Å². The van der Waals surface area contributed by atoms with Gasteiger partial charge in [-0.15, -0.1) is 0 Å². The van der Waals surface area contributed by atoms with Crippen LogP contribution in [0.3, 0.4) is 0 Å². The molecule has 0 bridgehead atoms. The van der Waals surface area contributed by atoms with E-state index >= 15 is 0 Å². The van der Waals surface area contributed by atoms with Crippen LogP contribution in [0.25, 0.3) is 0 Å². The zero-order chi connectivity index (χ0) is 14.2. The molecule has 1 unspecified atom stereocenters. The van der Waals surface area contributed by atoms with Gasteiger partial charge in [0.1, 0.15) is 11.5 Å². The van der Waals surface area contributed by atoms with Crippen molar-refractivity contribution in [1.82, 2.24) is 4.72 Å². The van der Waals surface area contributed by atoms with E-state index in [4.69, 9.17) is 4.74 Å². The lowest BCUT2D eigenvalue weighted by Gasteiger charge is -2.33. The second kappa shape index (κ2) is 5.55. The highest BCUT2D eigenvalue weighted by Gasteiger charge is 2.30. The van der Waals surface area contributed by atoms with Crippen molar-refractivity contribution < 1.29 is 4.74 Å². The molecule has 0 aliphatic carbocycles. The second-order valence-electron chi connectivity index (χ2n) is 5.26. The Kier molecular flexibility index (Phi) is 3.57. The van der Waals surface area contributed by atoms with Gasteiger partial charge in [-0.2, -0.15) is 0 Å². The number of nitrogens with one attached hydrogen (secondary N) is 1. The van der Waals surface area contributed by atoms with Gasteiger partial charge >= 0.3 is 0 Å². The van der Waals surface area contributed by atoms with Crippen molar-refractivity contribution in [2.45, 2.75) is 23.9 Å². The minimum atomic E-state index is 0.486. The molecular weight excluding hydrogens is 348 g/mol. The monoisotopic (exact) mass is 362 g/mol. The van der Waals surface area contributed by atoms with Crippen molar-refractivity contribution in [3.8, 4) is 11.5 Å². The molecule has 4 rings (SSSR count). The van der Waals surface area contributed by atoms with Gasteiger partial charge < -0.3 is 9.64 Å². The fourth-order valence-electron chi connectivity index (χ4n) is 2.85. The Bertz CT molecular complexity index is 679. The summed E-state index contributed by atoms with van der Waals surface area (Å²) in [6, 6.07) is 14.3. The summed E-state index contributed by atoms with van der Waals surface area (Å²) in [5.74, 6) is 1.72. The lowest BCUT2D eigenvalue weighted by Crippen LogP contribution is -2.41. The maximum atomic E-state index is 5.95. The molecule has 21 heavy (non-hydrogen) atoms. The number of halogens is 1. The summed E-state index contributed by atoms with van der Waals surface area (Å²) in [5.41, 5.74) is 1.32. The standard InChI is InChI=1S/C16H15BrN2OS/c17-11-3-1-4-12(9-11)20-13-6-7-14-15(10-13)21-18-16-5-2-8-19(14)16/h1,3-4,6-7,9-10,16,18H,2,5,8H2. The van der Waals surface area contributed by atoms with Gasteiger partial charge in [-0.3, -0.25) is 0 Å². The highest BCUT2D eigenvalue weighted by atomic mass is 79.9. The van der Waals surface area contributed by atoms with Crippen molar-refractivity contribution in [2.75, 3.05) is 11.4 Å². The first kappa shape index (κ1) is 13.5. The summed E-state index contributed by atoms with van der Waals surface area (Å²) in [7, 11) is 0. The first-order chi connectivity index (χ1) is 10.3. The molecule has 1 fully saturated rings. The van der Waals surface area contributed by atoms with Gasteiger partial charge in [-0.1, -0.05) is 22.0 Å². The Balaban J connectivity index is 1.61. The Labute approximate surface area is 136 Å². The minimum absolute atomic E-state index is 0.486. The Morgan fingerprint density at radius 2 is 2.10 bits per heavy atom. The van der Waals surface area contributed by atoms with Crippen molar-refractivity contribution in [2.24, 2.45) is 0 Å². The zero-order valence-corrected chi connectivity index (χ0v) is 13.8. The van der Waals surface area contributed by atoms with Gasteiger partial charge in [0, 0.05) is 15.9 Å². The second-order valence-corrected chi connectivity index (χ2v) is 7.06. The van der Waals surface area contributed by atoms with Gasteiger partial charge in [0.15, 0.2) is 0 Å². The molecular formula is C16H15BrN2OS. The molecule has 3 nitrogen and oxygen atoms in total. The third-order valence-electron chi connectivity index (χ3n) is 3.83. The van der Waals surface area contributed by atoms with Gasteiger partial charge in [0.25, 0.3) is 0 Å². The third-order valence-corrected chi connectivity index (χ3v) is 5.26. The van der Waals surface area contributed by atoms with E-state index in [1.807, 2.05) is 24.3 Å². The van der Waals surface area contributed by atoms with Gasteiger partial charge in [-0.25, -0.2) is 4.72 Å². The molecule has 5 heteroatoms. The van der Waals surface area contributed by atoms with E-state index in [-0.39, 0.29) is 0 Å². The minimum Gasteiger partial charge on any atom is -0.457 e. The van der Waals surface area contributed by atoms with Gasteiger partial charge in [-0.05, 0) is 61.2 Å². The molecule has 2 heterocycles.